The Hall–Kier alpha value is -3.28. The molecule has 0 aliphatic rings. The number of hydrogen-bond acceptors (Lipinski definition) is 4. The van der Waals surface area contributed by atoms with Crippen LogP contribution in [0.1, 0.15) is 36.2 Å². The van der Waals surface area contributed by atoms with Gasteiger partial charge in [-0.05, 0) is 43.3 Å². The molecule has 1 amide bonds. The SMILES string of the molecule is CC[C@H](C)Oc1cc(OCc2ccccc2)cc(C(=O)N=C(N)/C=C\NC)c1. The standard InChI is InChI=1S/C22H27N3O3/c1-4-16(2)28-20-13-18(22(26)25-21(23)10-11-24-3)12-19(14-20)27-15-17-8-6-5-7-9-17/h5-14,16,24H,4,15H2,1-3H3,(H2,23,25,26)/b11-10-/t16-/m0/s1. The number of hydrogen-bond donors (Lipinski definition) is 2. The van der Waals surface area contributed by atoms with Crippen LogP contribution in [0.5, 0.6) is 11.5 Å². The molecule has 0 saturated heterocycles. The van der Waals surface area contributed by atoms with Crippen LogP contribution in [0, 0.1) is 0 Å². The Bertz CT molecular complexity index is 832. The molecule has 2 aromatic carbocycles. The summed E-state index contributed by atoms with van der Waals surface area (Å²) < 4.78 is 11.8. The molecule has 0 fully saturated rings. The number of benzene rings is 2. The van der Waals surface area contributed by atoms with E-state index in [2.05, 4.69) is 10.3 Å². The number of amidine groups is 1. The van der Waals surface area contributed by atoms with Crippen LogP contribution in [0.2, 0.25) is 0 Å². The van der Waals surface area contributed by atoms with Crippen LogP contribution in [0.25, 0.3) is 0 Å². The lowest BCUT2D eigenvalue weighted by Crippen LogP contribution is -2.13. The fraction of sp³-hybridized carbons (Fsp3) is 0.273. The van der Waals surface area contributed by atoms with Gasteiger partial charge in [-0.15, -0.1) is 0 Å². The Morgan fingerprint density at radius 3 is 2.61 bits per heavy atom. The summed E-state index contributed by atoms with van der Waals surface area (Å²) in [6.45, 7) is 4.39. The average molecular weight is 381 g/mol. The monoisotopic (exact) mass is 381 g/mol. The third-order valence-corrected chi connectivity index (χ3v) is 3.94. The zero-order valence-corrected chi connectivity index (χ0v) is 16.5. The van der Waals surface area contributed by atoms with Gasteiger partial charge in [0.05, 0.1) is 6.10 Å². The van der Waals surface area contributed by atoms with Crippen LogP contribution in [-0.4, -0.2) is 24.9 Å². The maximum Gasteiger partial charge on any atom is 0.279 e. The van der Waals surface area contributed by atoms with Gasteiger partial charge in [-0.25, -0.2) is 0 Å². The van der Waals surface area contributed by atoms with E-state index in [1.807, 2.05) is 44.2 Å². The lowest BCUT2D eigenvalue weighted by Gasteiger charge is -2.15. The minimum Gasteiger partial charge on any atom is -0.491 e. The van der Waals surface area contributed by atoms with E-state index < -0.39 is 5.91 Å². The van der Waals surface area contributed by atoms with E-state index in [9.17, 15) is 4.79 Å². The van der Waals surface area contributed by atoms with Crippen molar-refractivity contribution in [3.8, 4) is 11.5 Å². The van der Waals surface area contributed by atoms with Crippen LogP contribution in [0.4, 0.5) is 0 Å². The molecule has 28 heavy (non-hydrogen) atoms. The van der Waals surface area contributed by atoms with Crippen molar-refractivity contribution in [3.05, 3.63) is 71.9 Å². The molecule has 0 aliphatic carbocycles. The molecule has 0 aromatic heterocycles. The highest BCUT2D eigenvalue weighted by Crippen LogP contribution is 2.26. The first-order valence-corrected chi connectivity index (χ1v) is 9.22. The van der Waals surface area contributed by atoms with Crippen molar-refractivity contribution in [2.75, 3.05) is 7.05 Å². The lowest BCUT2D eigenvalue weighted by molar-refractivity contribution is 0.100. The highest BCUT2D eigenvalue weighted by atomic mass is 16.5. The van der Waals surface area contributed by atoms with Crippen LogP contribution in [-0.2, 0) is 6.61 Å². The van der Waals surface area contributed by atoms with E-state index in [1.165, 1.54) is 6.08 Å². The highest BCUT2D eigenvalue weighted by molar-refractivity contribution is 6.06. The molecule has 0 unspecified atom stereocenters. The van der Waals surface area contributed by atoms with Crippen molar-refractivity contribution in [1.29, 1.82) is 0 Å². The second-order valence-corrected chi connectivity index (χ2v) is 6.27. The fourth-order valence-electron chi connectivity index (χ4n) is 2.29. The summed E-state index contributed by atoms with van der Waals surface area (Å²) in [5.41, 5.74) is 7.13. The molecule has 0 saturated carbocycles. The van der Waals surface area contributed by atoms with E-state index in [1.54, 1.807) is 31.4 Å². The maximum absolute atomic E-state index is 12.5. The van der Waals surface area contributed by atoms with Gasteiger partial charge in [0.25, 0.3) is 5.91 Å². The molecule has 2 rings (SSSR count). The molecule has 0 aliphatic heterocycles. The maximum atomic E-state index is 12.5. The van der Waals surface area contributed by atoms with Gasteiger partial charge in [-0.1, -0.05) is 37.3 Å². The Balaban J connectivity index is 2.26. The van der Waals surface area contributed by atoms with E-state index in [4.69, 9.17) is 15.2 Å². The van der Waals surface area contributed by atoms with Gasteiger partial charge in [0, 0.05) is 18.7 Å². The Morgan fingerprint density at radius 2 is 1.93 bits per heavy atom. The average Bonchev–Trinajstić information content (AvgIpc) is 2.71. The van der Waals surface area contributed by atoms with Crippen LogP contribution < -0.4 is 20.5 Å². The largest absolute Gasteiger partial charge is 0.491 e. The molecular weight excluding hydrogens is 354 g/mol. The molecule has 148 valence electrons. The van der Waals surface area contributed by atoms with Gasteiger partial charge < -0.3 is 20.5 Å². The molecule has 0 heterocycles. The van der Waals surface area contributed by atoms with Gasteiger partial charge >= 0.3 is 0 Å². The third-order valence-electron chi connectivity index (χ3n) is 3.94. The zero-order chi connectivity index (χ0) is 20.4. The Kier molecular flexibility index (Phi) is 8.09. The lowest BCUT2D eigenvalue weighted by atomic mass is 10.2. The normalized spacial score (nSPS) is 12.6. The predicted octanol–water partition coefficient (Wildman–Crippen LogP) is 3.67. The first kappa shape index (κ1) is 21.0. The quantitative estimate of drug-likeness (QED) is 0.511. The molecule has 0 spiro atoms. The molecular formula is C22H27N3O3. The number of ether oxygens (including phenoxy) is 2. The van der Waals surface area contributed by atoms with Gasteiger partial charge in [0.15, 0.2) is 0 Å². The van der Waals surface area contributed by atoms with Crippen LogP contribution in [0.15, 0.2) is 65.8 Å². The number of rotatable bonds is 9. The summed E-state index contributed by atoms with van der Waals surface area (Å²) in [5.74, 6) is 0.743. The Labute approximate surface area is 166 Å². The number of amides is 1. The minimum atomic E-state index is -0.461. The smallest absolute Gasteiger partial charge is 0.279 e. The molecule has 6 nitrogen and oxygen atoms in total. The zero-order valence-electron chi connectivity index (χ0n) is 16.5. The summed E-state index contributed by atoms with van der Waals surface area (Å²) in [6.07, 6.45) is 3.98. The number of nitrogens with one attached hydrogen (secondary N) is 1. The second kappa shape index (κ2) is 10.8. The summed E-state index contributed by atoms with van der Waals surface area (Å²) in [6, 6.07) is 14.9. The molecule has 0 radical (unpaired) electrons. The van der Waals surface area contributed by atoms with E-state index in [-0.39, 0.29) is 11.9 Å². The van der Waals surface area contributed by atoms with Gasteiger partial charge in [0.1, 0.15) is 23.9 Å². The van der Waals surface area contributed by atoms with E-state index in [0.717, 1.165) is 12.0 Å². The molecule has 6 heteroatoms. The number of carbonyl (C=O) groups is 1. The number of nitrogens with zero attached hydrogens (tertiary/aromatic N) is 1. The van der Waals surface area contributed by atoms with Crippen molar-refractivity contribution >= 4 is 11.7 Å². The van der Waals surface area contributed by atoms with Crippen molar-refractivity contribution < 1.29 is 14.3 Å². The van der Waals surface area contributed by atoms with Crippen molar-refractivity contribution in [2.24, 2.45) is 10.7 Å². The second-order valence-electron chi connectivity index (χ2n) is 6.27. The van der Waals surface area contributed by atoms with E-state index in [0.29, 0.717) is 23.7 Å². The molecule has 1 atom stereocenters. The minimum absolute atomic E-state index is 0.0134. The summed E-state index contributed by atoms with van der Waals surface area (Å²) in [5, 5.41) is 2.80. The van der Waals surface area contributed by atoms with Crippen molar-refractivity contribution in [3.63, 3.8) is 0 Å². The predicted molar refractivity (Wildman–Crippen MR) is 112 cm³/mol. The molecule has 0 bridgehead atoms. The topological polar surface area (TPSA) is 85.9 Å². The van der Waals surface area contributed by atoms with Gasteiger partial charge in [-0.3, -0.25) is 4.79 Å². The number of carbonyl (C=O) groups excluding carboxylic acids is 1. The summed E-state index contributed by atoms with van der Waals surface area (Å²) in [7, 11) is 1.73. The van der Waals surface area contributed by atoms with Gasteiger partial charge in [0.2, 0.25) is 0 Å². The van der Waals surface area contributed by atoms with Crippen molar-refractivity contribution in [2.45, 2.75) is 33.0 Å². The Morgan fingerprint density at radius 1 is 1.21 bits per heavy atom. The first-order valence-electron chi connectivity index (χ1n) is 9.22. The fourth-order valence-corrected chi connectivity index (χ4v) is 2.29. The third kappa shape index (κ3) is 6.79. The highest BCUT2D eigenvalue weighted by Gasteiger charge is 2.12. The molecule has 3 N–H and O–H groups in total. The first-order chi connectivity index (χ1) is 13.5. The summed E-state index contributed by atoms with van der Waals surface area (Å²) in [4.78, 5) is 16.4. The van der Waals surface area contributed by atoms with Crippen LogP contribution >= 0.6 is 0 Å². The molecule has 2 aromatic rings. The number of aliphatic imine (C=N–C) groups is 1. The van der Waals surface area contributed by atoms with Gasteiger partial charge in [-0.2, -0.15) is 4.99 Å². The van der Waals surface area contributed by atoms with Crippen LogP contribution in [0.3, 0.4) is 0 Å². The number of nitrogens with two attached hydrogens (primary N) is 1. The van der Waals surface area contributed by atoms with E-state index >= 15 is 0 Å². The van der Waals surface area contributed by atoms with Crippen molar-refractivity contribution in [1.82, 2.24) is 5.32 Å². The summed E-state index contributed by atoms with van der Waals surface area (Å²) >= 11 is 0.